The zero-order valence-electron chi connectivity index (χ0n) is 9.84. The smallest absolute Gasteiger partial charge is 0.258 e. The lowest BCUT2D eigenvalue weighted by molar-refractivity contribution is -0.385. The Balaban J connectivity index is 2.32. The first kappa shape index (κ1) is 14.0. The first-order valence-corrected chi connectivity index (χ1v) is 6.14. The highest BCUT2D eigenvalue weighted by molar-refractivity contribution is 7.99. The molecular formula is C13H6F2N2O2S. The number of hydrogen-bond donors (Lipinski definition) is 0. The molecule has 0 unspecified atom stereocenters. The number of halogens is 2. The zero-order valence-corrected chi connectivity index (χ0v) is 10.7. The maximum Gasteiger partial charge on any atom is 0.287 e. The minimum atomic E-state index is -0.975. The van der Waals surface area contributed by atoms with Crippen LogP contribution in [0.4, 0.5) is 14.5 Å². The molecule has 0 aromatic heterocycles. The summed E-state index contributed by atoms with van der Waals surface area (Å²) >= 11 is 1.08. The van der Waals surface area contributed by atoms with Gasteiger partial charge in [0.05, 0.1) is 4.92 Å². The SMILES string of the molecule is N#Cc1cc(Sc2ccc(F)c(F)c2)ccc1[N+](=O)[O-]. The van der Waals surface area contributed by atoms with Gasteiger partial charge in [0, 0.05) is 15.9 Å². The van der Waals surface area contributed by atoms with Crippen LogP contribution in [0.3, 0.4) is 0 Å². The lowest BCUT2D eigenvalue weighted by Gasteiger charge is -2.03. The number of benzene rings is 2. The Bertz CT molecular complexity index is 729. The van der Waals surface area contributed by atoms with E-state index < -0.39 is 16.6 Å². The minimum Gasteiger partial charge on any atom is -0.258 e. The monoisotopic (exact) mass is 292 g/mol. The Morgan fingerprint density at radius 3 is 2.35 bits per heavy atom. The average Bonchev–Trinajstić information content (AvgIpc) is 2.42. The second-order valence-corrected chi connectivity index (χ2v) is 4.87. The third kappa shape index (κ3) is 2.92. The molecule has 0 radical (unpaired) electrons. The van der Waals surface area contributed by atoms with E-state index in [-0.39, 0.29) is 11.3 Å². The van der Waals surface area contributed by atoms with E-state index in [2.05, 4.69) is 0 Å². The Kier molecular flexibility index (Phi) is 3.96. The van der Waals surface area contributed by atoms with Crippen LogP contribution in [0.1, 0.15) is 5.56 Å². The van der Waals surface area contributed by atoms with Crippen molar-refractivity contribution < 1.29 is 13.7 Å². The fourth-order valence-electron chi connectivity index (χ4n) is 1.50. The molecular weight excluding hydrogens is 286 g/mol. The Labute approximate surface area is 116 Å². The lowest BCUT2D eigenvalue weighted by atomic mass is 10.2. The molecule has 0 aliphatic heterocycles. The van der Waals surface area contributed by atoms with Crippen LogP contribution in [-0.2, 0) is 0 Å². The second-order valence-electron chi connectivity index (χ2n) is 3.73. The lowest BCUT2D eigenvalue weighted by Crippen LogP contribution is -1.92. The highest BCUT2D eigenvalue weighted by Gasteiger charge is 2.14. The number of rotatable bonds is 3. The van der Waals surface area contributed by atoms with Crippen LogP contribution < -0.4 is 0 Å². The molecule has 0 spiro atoms. The molecule has 0 fully saturated rings. The van der Waals surface area contributed by atoms with Crippen molar-refractivity contribution >= 4 is 17.4 Å². The minimum absolute atomic E-state index is 0.0809. The molecule has 0 N–H and O–H groups in total. The summed E-state index contributed by atoms with van der Waals surface area (Å²) in [7, 11) is 0. The van der Waals surface area contributed by atoms with Crippen LogP contribution in [0, 0.1) is 33.1 Å². The summed E-state index contributed by atoms with van der Waals surface area (Å²) in [5.74, 6) is -1.92. The van der Waals surface area contributed by atoms with E-state index in [1.807, 2.05) is 0 Å². The third-order valence-electron chi connectivity index (χ3n) is 2.41. The molecule has 0 atom stereocenters. The van der Waals surface area contributed by atoms with Gasteiger partial charge in [-0.3, -0.25) is 10.1 Å². The molecule has 2 aromatic rings. The fraction of sp³-hybridized carbons (Fsp3) is 0. The number of nitro benzene ring substituents is 1. The zero-order chi connectivity index (χ0) is 14.7. The summed E-state index contributed by atoms with van der Waals surface area (Å²) in [4.78, 5) is 11.0. The van der Waals surface area contributed by atoms with E-state index in [0.717, 1.165) is 23.9 Å². The molecule has 100 valence electrons. The van der Waals surface area contributed by atoms with Crippen molar-refractivity contribution in [2.75, 3.05) is 0 Å². The van der Waals surface area contributed by atoms with Crippen molar-refractivity contribution in [2.45, 2.75) is 9.79 Å². The highest BCUT2D eigenvalue weighted by Crippen LogP contribution is 2.31. The van der Waals surface area contributed by atoms with E-state index in [9.17, 15) is 18.9 Å². The first-order valence-electron chi connectivity index (χ1n) is 5.32. The largest absolute Gasteiger partial charge is 0.287 e. The van der Waals surface area contributed by atoms with Crippen molar-refractivity contribution in [3.63, 3.8) is 0 Å². The van der Waals surface area contributed by atoms with Gasteiger partial charge in [-0.1, -0.05) is 11.8 Å². The molecule has 0 heterocycles. The molecule has 7 heteroatoms. The molecule has 0 bridgehead atoms. The Morgan fingerprint density at radius 1 is 1.10 bits per heavy atom. The van der Waals surface area contributed by atoms with Gasteiger partial charge in [0.2, 0.25) is 0 Å². The van der Waals surface area contributed by atoms with E-state index >= 15 is 0 Å². The summed E-state index contributed by atoms with van der Waals surface area (Å²) in [5.41, 5.74) is -0.371. The predicted octanol–water partition coefficient (Wildman–Crippen LogP) is 3.90. The predicted molar refractivity (Wildman–Crippen MR) is 68.3 cm³/mol. The van der Waals surface area contributed by atoms with Crippen LogP contribution in [0.2, 0.25) is 0 Å². The van der Waals surface area contributed by atoms with Gasteiger partial charge >= 0.3 is 0 Å². The number of hydrogen-bond acceptors (Lipinski definition) is 4. The standard InChI is InChI=1S/C13H6F2N2O2S/c14-11-3-1-10(6-12(11)15)20-9-2-4-13(17(18)19)8(5-9)7-16/h1-6H. The number of nitriles is 1. The van der Waals surface area contributed by atoms with Crippen LogP contribution in [-0.4, -0.2) is 4.92 Å². The van der Waals surface area contributed by atoms with Gasteiger partial charge in [0.25, 0.3) is 5.69 Å². The first-order chi connectivity index (χ1) is 9.51. The maximum absolute atomic E-state index is 13.1. The van der Waals surface area contributed by atoms with E-state index in [0.29, 0.717) is 9.79 Å². The van der Waals surface area contributed by atoms with Crippen molar-refractivity contribution in [2.24, 2.45) is 0 Å². The molecule has 0 saturated carbocycles. The summed E-state index contributed by atoms with van der Waals surface area (Å²) in [6.45, 7) is 0. The number of nitrogens with zero attached hydrogens (tertiary/aromatic N) is 2. The van der Waals surface area contributed by atoms with Gasteiger partial charge in [0.1, 0.15) is 11.6 Å². The quantitative estimate of drug-likeness (QED) is 0.635. The van der Waals surface area contributed by atoms with Gasteiger partial charge in [-0.25, -0.2) is 8.78 Å². The van der Waals surface area contributed by atoms with Crippen LogP contribution >= 0.6 is 11.8 Å². The van der Waals surface area contributed by atoms with Crippen molar-refractivity contribution in [1.82, 2.24) is 0 Å². The van der Waals surface area contributed by atoms with Crippen LogP contribution in [0.5, 0.6) is 0 Å². The van der Waals surface area contributed by atoms with Gasteiger partial charge in [0.15, 0.2) is 11.6 Å². The van der Waals surface area contributed by atoms with Crippen LogP contribution in [0.15, 0.2) is 46.2 Å². The fourth-order valence-corrected chi connectivity index (χ4v) is 2.39. The van der Waals surface area contributed by atoms with Gasteiger partial charge in [-0.05, 0) is 30.3 Å². The summed E-state index contributed by atoms with van der Waals surface area (Å²) in [6.07, 6.45) is 0. The topological polar surface area (TPSA) is 66.9 Å². The molecule has 2 aromatic carbocycles. The molecule has 4 nitrogen and oxygen atoms in total. The van der Waals surface area contributed by atoms with E-state index in [4.69, 9.17) is 5.26 Å². The summed E-state index contributed by atoms with van der Waals surface area (Å²) in [6, 6.07) is 9.13. The Morgan fingerprint density at radius 2 is 1.75 bits per heavy atom. The van der Waals surface area contributed by atoms with Crippen molar-refractivity contribution in [3.8, 4) is 6.07 Å². The normalized spacial score (nSPS) is 10.1. The van der Waals surface area contributed by atoms with Crippen molar-refractivity contribution in [3.05, 3.63) is 63.7 Å². The maximum atomic E-state index is 13.1. The third-order valence-corrected chi connectivity index (χ3v) is 3.39. The molecule has 0 saturated heterocycles. The summed E-state index contributed by atoms with van der Waals surface area (Å²) < 4.78 is 25.9. The van der Waals surface area contributed by atoms with E-state index in [1.54, 1.807) is 6.07 Å². The second kappa shape index (κ2) is 5.67. The van der Waals surface area contributed by atoms with Gasteiger partial charge < -0.3 is 0 Å². The van der Waals surface area contributed by atoms with Gasteiger partial charge in [-0.2, -0.15) is 5.26 Å². The molecule has 0 aliphatic rings. The van der Waals surface area contributed by atoms with Gasteiger partial charge in [-0.15, -0.1) is 0 Å². The molecule has 20 heavy (non-hydrogen) atoms. The number of nitro groups is 1. The van der Waals surface area contributed by atoms with E-state index in [1.165, 1.54) is 24.3 Å². The molecule has 0 amide bonds. The Hall–Kier alpha value is -2.46. The van der Waals surface area contributed by atoms with Crippen LogP contribution in [0.25, 0.3) is 0 Å². The highest BCUT2D eigenvalue weighted by atomic mass is 32.2. The van der Waals surface area contributed by atoms with Crippen molar-refractivity contribution in [1.29, 1.82) is 5.26 Å². The summed E-state index contributed by atoms with van der Waals surface area (Å²) in [5, 5.41) is 19.6. The average molecular weight is 292 g/mol. The molecule has 2 rings (SSSR count). The molecule has 0 aliphatic carbocycles.